The third-order valence-corrected chi connectivity index (χ3v) is 3.57. The molecule has 3 heterocycles. The number of rotatable bonds is 4. The van der Waals surface area contributed by atoms with Gasteiger partial charge >= 0.3 is 0 Å². The minimum absolute atomic E-state index is 0.473. The molecule has 0 spiro atoms. The third kappa shape index (κ3) is 2.65. The van der Waals surface area contributed by atoms with Crippen molar-refractivity contribution in [2.24, 2.45) is 0 Å². The first kappa shape index (κ1) is 13.1. The standard InChI is InChI=1S/C14H20N6/c1-11(2)16-7-12-3-4-15-8-13(12)19-5-6-20-10-17-18-14(20)9-19/h3-4,8,10-11,16H,5-7,9H2,1-2H3. The normalized spacial score (nSPS) is 14.7. The summed E-state index contributed by atoms with van der Waals surface area (Å²) in [6.45, 7) is 7.85. The van der Waals surface area contributed by atoms with E-state index in [-0.39, 0.29) is 0 Å². The van der Waals surface area contributed by atoms with Gasteiger partial charge in [0.1, 0.15) is 6.33 Å². The van der Waals surface area contributed by atoms with Gasteiger partial charge in [-0.15, -0.1) is 10.2 Å². The predicted octanol–water partition coefficient (Wildman–Crippen LogP) is 1.19. The van der Waals surface area contributed by atoms with E-state index in [2.05, 4.69) is 49.9 Å². The van der Waals surface area contributed by atoms with Crippen LogP contribution in [0, 0.1) is 0 Å². The first-order chi connectivity index (χ1) is 9.74. The molecule has 0 saturated heterocycles. The molecule has 0 atom stereocenters. The van der Waals surface area contributed by atoms with Crippen LogP contribution in [0.15, 0.2) is 24.8 Å². The van der Waals surface area contributed by atoms with E-state index in [0.29, 0.717) is 6.04 Å². The summed E-state index contributed by atoms with van der Waals surface area (Å²) in [4.78, 5) is 6.61. The first-order valence-corrected chi connectivity index (χ1v) is 7.02. The molecule has 1 aliphatic heterocycles. The van der Waals surface area contributed by atoms with Gasteiger partial charge < -0.3 is 14.8 Å². The lowest BCUT2D eigenvalue weighted by Crippen LogP contribution is -2.35. The molecular formula is C14H20N6. The molecule has 0 saturated carbocycles. The number of hydrogen-bond donors (Lipinski definition) is 1. The lowest BCUT2D eigenvalue weighted by molar-refractivity contribution is 0.552. The maximum Gasteiger partial charge on any atom is 0.152 e. The number of pyridine rings is 1. The Balaban J connectivity index is 1.80. The zero-order valence-electron chi connectivity index (χ0n) is 12.0. The summed E-state index contributed by atoms with van der Waals surface area (Å²) >= 11 is 0. The zero-order chi connectivity index (χ0) is 13.9. The van der Waals surface area contributed by atoms with Crippen LogP contribution in [0.25, 0.3) is 0 Å². The fourth-order valence-corrected chi connectivity index (χ4v) is 2.44. The Morgan fingerprint density at radius 3 is 3.10 bits per heavy atom. The maximum absolute atomic E-state index is 4.28. The lowest BCUT2D eigenvalue weighted by atomic mass is 10.2. The minimum atomic E-state index is 0.473. The van der Waals surface area contributed by atoms with Gasteiger partial charge in [0.05, 0.1) is 18.4 Å². The summed E-state index contributed by atoms with van der Waals surface area (Å²) in [6.07, 6.45) is 5.60. The smallest absolute Gasteiger partial charge is 0.152 e. The van der Waals surface area contributed by atoms with Gasteiger partial charge in [0.25, 0.3) is 0 Å². The van der Waals surface area contributed by atoms with Gasteiger partial charge in [0, 0.05) is 31.9 Å². The molecular weight excluding hydrogens is 252 g/mol. The van der Waals surface area contributed by atoms with Crippen molar-refractivity contribution in [3.05, 3.63) is 36.2 Å². The largest absolute Gasteiger partial charge is 0.361 e. The molecule has 2 aromatic rings. The van der Waals surface area contributed by atoms with Crippen molar-refractivity contribution in [3.8, 4) is 0 Å². The molecule has 1 N–H and O–H groups in total. The van der Waals surface area contributed by atoms with Crippen molar-refractivity contribution >= 4 is 5.69 Å². The average Bonchev–Trinajstić information content (AvgIpc) is 2.92. The van der Waals surface area contributed by atoms with Crippen LogP contribution in [0.4, 0.5) is 5.69 Å². The van der Waals surface area contributed by atoms with E-state index < -0.39 is 0 Å². The van der Waals surface area contributed by atoms with E-state index in [4.69, 9.17) is 0 Å². The summed E-state index contributed by atoms with van der Waals surface area (Å²) in [5, 5.41) is 11.6. The fourth-order valence-electron chi connectivity index (χ4n) is 2.44. The van der Waals surface area contributed by atoms with E-state index in [1.54, 1.807) is 6.33 Å². The van der Waals surface area contributed by atoms with Crippen molar-refractivity contribution in [1.82, 2.24) is 25.1 Å². The summed E-state index contributed by atoms with van der Waals surface area (Å²) in [5.74, 6) is 1.02. The van der Waals surface area contributed by atoms with Gasteiger partial charge in [0.15, 0.2) is 5.82 Å². The van der Waals surface area contributed by atoms with Gasteiger partial charge in [-0.05, 0) is 11.6 Å². The molecule has 0 aromatic carbocycles. The highest BCUT2D eigenvalue weighted by Crippen LogP contribution is 2.23. The monoisotopic (exact) mass is 272 g/mol. The molecule has 0 fully saturated rings. The van der Waals surface area contributed by atoms with Crippen molar-refractivity contribution in [3.63, 3.8) is 0 Å². The number of hydrogen-bond acceptors (Lipinski definition) is 5. The molecule has 0 amide bonds. The van der Waals surface area contributed by atoms with Gasteiger partial charge in [-0.25, -0.2) is 0 Å². The average molecular weight is 272 g/mol. The molecule has 0 bridgehead atoms. The highest BCUT2D eigenvalue weighted by Gasteiger charge is 2.19. The highest BCUT2D eigenvalue weighted by atomic mass is 15.3. The molecule has 6 nitrogen and oxygen atoms in total. The number of anilines is 1. The lowest BCUT2D eigenvalue weighted by Gasteiger charge is -2.30. The molecule has 106 valence electrons. The van der Waals surface area contributed by atoms with Crippen LogP contribution >= 0.6 is 0 Å². The number of nitrogens with zero attached hydrogens (tertiary/aromatic N) is 5. The highest BCUT2D eigenvalue weighted by molar-refractivity contribution is 5.52. The van der Waals surface area contributed by atoms with Crippen molar-refractivity contribution in [2.45, 2.75) is 39.5 Å². The second kappa shape index (κ2) is 5.58. The molecule has 0 unspecified atom stereocenters. The Morgan fingerprint density at radius 1 is 1.35 bits per heavy atom. The SMILES string of the molecule is CC(C)NCc1ccncc1N1CCn2cnnc2C1. The van der Waals surface area contributed by atoms with Gasteiger partial charge in [0.2, 0.25) is 0 Å². The van der Waals surface area contributed by atoms with Crippen LogP contribution in [-0.4, -0.2) is 32.3 Å². The van der Waals surface area contributed by atoms with Crippen LogP contribution in [0.2, 0.25) is 0 Å². The molecule has 2 aromatic heterocycles. The second-order valence-corrected chi connectivity index (χ2v) is 5.40. The Kier molecular flexibility index (Phi) is 3.64. The molecule has 6 heteroatoms. The maximum atomic E-state index is 4.28. The van der Waals surface area contributed by atoms with E-state index in [9.17, 15) is 0 Å². The zero-order valence-corrected chi connectivity index (χ0v) is 12.0. The van der Waals surface area contributed by atoms with Crippen LogP contribution in [-0.2, 0) is 19.6 Å². The van der Waals surface area contributed by atoms with Gasteiger partial charge in [-0.2, -0.15) is 0 Å². The molecule has 0 radical (unpaired) electrons. The second-order valence-electron chi connectivity index (χ2n) is 5.40. The van der Waals surface area contributed by atoms with Crippen molar-refractivity contribution in [1.29, 1.82) is 0 Å². The Morgan fingerprint density at radius 2 is 2.25 bits per heavy atom. The van der Waals surface area contributed by atoms with E-state index in [0.717, 1.165) is 32.0 Å². The topological polar surface area (TPSA) is 58.9 Å². The minimum Gasteiger partial charge on any atom is -0.361 e. The summed E-state index contributed by atoms with van der Waals surface area (Å²) in [7, 11) is 0. The van der Waals surface area contributed by atoms with E-state index in [1.165, 1.54) is 11.3 Å². The van der Waals surface area contributed by atoms with Crippen LogP contribution in [0.3, 0.4) is 0 Å². The summed E-state index contributed by atoms with van der Waals surface area (Å²) in [6, 6.07) is 2.56. The fraction of sp³-hybridized carbons (Fsp3) is 0.500. The summed E-state index contributed by atoms with van der Waals surface area (Å²) in [5.41, 5.74) is 2.47. The molecule has 20 heavy (non-hydrogen) atoms. The number of aromatic nitrogens is 4. The quantitative estimate of drug-likeness (QED) is 0.906. The predicted molar refractivity (Wildman–Crippen MR) is 77.3 cm³/mol. The van der Waals surface area contributed by atoms with Crippen LogP contribution in [0.5, 0.6) is 0 Å². The van der Waals surface area contributed by atoms with Crippen LogP contribution < -0.4 is 10.2 Å². The number of nitrogens with one attached hydrogen (secondary N) is 1. The molecule has 1 aliphatic rings. The third-order valence-electron chi connectivity index (χ3n) is 3.57. The number of fused-ring (bicyclic) bond motifs is 1. The Labute approximate surface area is 118 Å². The van der Waals surface area contributed by atoms with Crippen molar-refractivity contribution < 1.29 is 0 Å². The van der Waals surface area contributed by atoms with E-state index in [1.807, 2.05) is 12.4 Å². The van der Waals surface area contributed by atoms with Crippen molar-refractivity contribution in [2.75, 3.05) is 11.4 Å². The Hall–Kier alpha value is -1.95. The van der Waals surface area contributed by atoms with Gasteiger partial charge in [-0.3, -0.25) is 4.98 Å². The Bertz CT molecular complexity index is 577. The molecule has 3 rings (SSSR count). The van der Waals surface area contributed by atoms with Gasteiger partial charge in [-0.1, -0.05) is 13.8 Å². The van der Waals surface area contributed by atoms with Crippen LogP contribution in [0.1, 0.15) is 25.2 Å². The molecule has 0 aliphatic carbocycles. The summed E-state index contributed by atoms with van der Waals surface area (Å²) < 4.78 is 2.11. The van der Waals surface area contributed by atoms with E-state index >= 15 is 0 Å². The first-order valence-electron chi connectivity index (χ1n) is 7.02.